The van der Waals surface area contributed by atoms with Crippen LogP contribution in [-0.2, 0) is 11.3 Å². The van der Waals surface area contributed by atoms with Crippen molar-refractivity contribution in [3.8, 4) is 5.75 Å². The lowest BCUT2D eigenvalue weighted by Gasteiger charge is -2.28. The molecule has 0 radical (unpaired) electrons. The van der Waals surface area contributed by atoms with Crippen LogP contribution in [0.3, 0.4) is 0 Å². The summed E-state index contributed by atoms with van der Waals surface area (Å²) in [5, 5.41) is 7.95. The summed E-state index contributed by atoms with van der Waals surface area (Å²) in [6.45, 7) is 6.04. The molecule has 0 unspecified atom stereocenters. The summed E-state index contributed by atoms with van der Waals surface area (Å²) in [6, 6.07) is 14.5. The standard InChI is InChI=1S/C22H26N4O3/c1-22(2,3)19(20(23)27)24-21(28)18-16-12-15(29-4)10-11-17(16)26(25-18)13-14-8-6-5-7-9-14/h5-12,19H,13H2,1-4H3,(H2,23,27)(H,24,28)/t19-/m1/s1. The van der Waals surface area contributed by atoms with Crippen LogP contribution in [0.4, 0.5) is 0 Å². The van der Waals surface area contributed by atoms with Gasteiger partial charge in [0.25, 0.3) is 5.91 Å². The molecule has 3 aromatic rings. The highest BCUT2D eigenvalue weighted by atomic mass is 16.5. The molecule has 1 heterocycles. The molecule has 1 atom stereocenters. The molecule has 2 amide bonds. The highest BCUT2D eigenvalue weighted by Gasteiger charge is 2.32. The van der Waals surface area contributed by atoms with E-state index in [0.717, 1.165) is 11.1 Å². The highest BCUT2D eigenvalue weighted by Crippen LogP contribution is 2.26. The number of carbonyl (C=O) groups is 2. The molecule has 0 aliphatic rings. The van der Waals surface area contributed by atoms with E-state index in [1.54, 1.807) is 17.9 Å². The largest absolute Gasteiger partial charge is 0.497 e. The summed E-state index contributed by atoms with van der Waals surface area (Å²) in [7, 11) is 1.57. The van der Waals surface area contributed by atoms with Crippen molar-refractivity contribution >= 4 is 22.7 Å². The third kappa shape index (κ3) is 4.39. The number of primary amides is 1. The normalized spacial score (nSPS) is 12.6. The number of nitrogens with one attached hydrogen (secondary N) is 1. The number of hydrogen-bond donors (Lipinski definition) is 2. The second kappa shape index (κ2) is 7.95. The summed E-state index contributed by atoms with van der Waals surface area (Å²) in [4.78, 5) is 24.9. The van der Waals surface area contributed by atoms with Gasteiger partial charge in [0, 0.05) is 5.39 Å². The summed E-state index contributed by atoms with van der Waals surface area (Å²) in [5.41, 5.74) is 7.07. The zero-order valence-electron chi connectivity index (χ0n) is 17.1. The quantitative estimate of drug-likeness (QED) is 0.671. The minimum atomic E-state index is -0.824. The Labute approximate surface area is 169 Å². The van der Waals surface area contributed by atoms with Crippen LogP contribution in [0.2, 0.25) is 0 Å². The predicted octanol–water partition coefficient (Wildman–Crippen LogP) is 2.72. The second-order valence-electron chi connectivity index (χ2n) is 8.05. The highest BCUT2D eigenvalue weighted by molar-refractivity contribution is 6.06. The predicted molar refractivity (Wildman–Crippen MR) is 112 cm³/mol. The van der Waals surface area contributed by atoms with E-state index in [1.807, 2.05) is 63.2 Å². The molecule has 0 spiro atoms. The fourth-order valence-corrected chi connectivity index (χ4v) is 3.24. The summed E-state index contributed by atoms with van der Waals surface area (Å²) < 4.78 is 7.09. The zero-order chi connectivity index (χ0) is 21.2. The molecule has 0 saturated heterocycles. The molecule has 0 aliphatic carbocycles. The average Bonchev–Trinajstić information content (AvgIpc) is 3.03. The smallest absolute Gasteiger partial charge is 0.273 e. The molecule has 1 aromatic heterocycles. The first kappa shape index (κ1) is 20.4. The number of ether oxygens (including phenoxy) is 1. The van der Waals surface area contributed by atoms with Crippen LogP contribution < -0.4 is 15.8 Å². The first-order chi connectivity index (χ1) is 13.7. The number of methoxy groups -OCH3 is 1. The number of rotatable bonds is 6. The van der Waals surface area contributed by atoms with E-state index in [4.69, 9.17) is 10.5 Å². The first-order valence-electron chi connectivity index (χ1n) is 9.39. The van der Waals surface area contributed by atoms with Crippen LogP contribution in [0.5, 0.6) is 5.75 Å². The number of carbonyl (C=O) groups excluding carboxylic acids is 2. The van der Waals surface area contributed by atoms with E-state index in [9.17, 15) is 9.59 Å². The summed E-state index contributed by atoms with van der Waals surface area (Å²) in [6.07, 6.45) is 0. The molecule has 152 valence electrons. The number of hydrogen-bond acceptors (Lipinski definition) is 4. The van der Waals surface area contributed by atoms with Gasteiger partial charge in [-0.15, -0.1) is 0 Å². The fraction of sp³-hybridized carbons (Fsp3) is 0.318. The number of nitrogens with zero attached hydrogens (tertiary/aromatic N) is 2. The van der Waals surface area contributed by atoms with E-state index in [2.05, 4.69) is 10.4 Å². The van der Waals surface area contributed by atoms with Gasteiger partial charge >= 0.3 is 0 Å². The monoisotopic (exact) mass is 394 g/mol. The van der Waals surface area contributed by atoms with Crippen molar-refractivity contribution in [1.29, 1.82) is 0 Å². The Morgan fingerprint density at radius 3 is 2.45 bits per heavy atom. The van der Waals surface area contributed by atoms with E-state index in [-0.39, 0.29) is 5.69 Å². The van der Waals surface area contributed by atoms with Crippen LogP contribution in [0, 0.1) is 5.41 Å². The molecule has 7 nitrogen and oxygen atoms in total. The van der Waals surface area contributed by atoms with Gasteiger partial charge in [0.05, 0.1) is 19.2 Å². The second-order valence-corrected chi connectivity index (χ2v) is 8.05. The molecular formula is C22H26N4O3. The number of amides is 2. The van der Waals surface area contributed by atoms with Crippen LogP contribution in [-0.4, -0.2) is 34.7 Å². The Balaban J connectivity index is 2.04. The molecule has 0 fully saturated rings. The summed E-state index contributed by atoms with van der Waals surface area (Å²) in [5.74, 6) is -0.418. The minimum Gasteiger partial charge on any atom is -0.497 e. The molecule has 3 rings (SSSR count). The van der Waals surface area contributed by atoms with Crippen molar-refractivity contribution in [2.45, 2.75) is 33.4 Å². The van der Waals surface area contributed by atoms with Gasteiger partial charge in [-0.05, 0) is 29.2 Å². The number of nitrogens with two attached hydrogens (primary N) is 1. The first-order valence-corrected chi connectivity index (χ1v) is 9.39. The van der Waals surface area contributed by atoms with Gasteiger partial charge in [-0.3, -0.25) is 14.3 Å². The third-order valence-corrected chi connectivity index (χ3v) is 4.77. The Hall–Kier alpha value is -3.35. The number of fused-ring (bicyclic) bond motifs is 1. The van der Waals surface area contributed by atoms with Crippen molar-refractivity contribution in [2.75, 3.05) is 7.11 Å². The SMILES string of the molecule is COc1ccc2c(c1)c(C(=O)N[C@H](C(N)=O)C(C)(C)C)nn2Cc1ccccc1. The maximum absolute atomic E-state index is 13.1. The van der Waals surface area contributed by atoms with Gasteiger partial charge in [-0.2, -0.15) is 5.10 Å². The Morgan fingerprint density at radius 1 is 1.17 bits per heavy atom. The topological polar surface area (TPSA) is 99.2 Å². The van der Waals surface area contributed by atoms with Crippen molar-refractivity contribution in [2.24, 2.45) is 11.1 Å². The lowest BCUT2D eigenvalue weighted by atomic mass is 9.86. The molecule has 29 heavy (non-hydrogen) atoms. The zero-order valence-corrected chi connectivity index (χ0v) is 17.1. The van der Waals surface area contributed by atoms with Crippen LogP contribution >= 0.6 is 0 Å². The van der Waals surface area contributed by atoms with Crippen molar-refractivity contribution < 1.29 is 14.3 Å². The van der Waals surface area contributed by atoms with Gasteiger partial charge in [-0.1, -0.05) is 51.1 Å². The Kier molecular flexibility index (Phi) is 5.59. The third-order valence-electron chi connectivity index (χ3n) is 4.77. The van der Waals surface area contributed by atoms with Crippen molar-refractivity contribution in [3.05, 3.63) is 59.8 Å². The fourth-order valence-electron chi connectivity index (χ4n) is 3.24. The maximum Gasteiger partial charge on any atom is 0.273 e. The van der Waals surface area contributed by atoms with Crippen LogP contribution in [0.25, 0.3) is 10.9 Å². The van der Waals surface area contributed by atoms with Gasteiger partial charge in [0.15, 0.2) is 5.69 Å². The van der Waals surface area contributed by atoms with E-state index < -0.39 is 23.3 Å². The molecule has 0 aliphatic heterocycles. The molecule has 0 saturated carbocycles. The van der Waals surface area contributed by atoms with E-state index >= 15 is 0 Å². The lowest BCUT2D eigenvalue weighted by Crippen LogP contribution is -2.52. The molecule has 2 aromatic carbocycles. The Morgan fingerprint density at radius 2 is 1.86 bits per heavy atom. The van der Waals surface area contributed by atoms with Gasteiger partial charge < -0.3 is 15.8 Å². The van der Waals surface area contributed by atoms with Gasteiger partial charge in [0.1, 0.15) is 11.8 Å². The average molecular weight is 394 g/mol. The van der Waals surface area contributed by atoms with Crippen LogP contribution in [0.1, 0.15) is 36.8 Å². The molecule has 7 heteroatoms. The number of benzene rings is 2. The number of aromatic nitrogens is 2. The Bertz CT molecular complexity index is 1040. The minimum absolute atomic E-state index is 0.227. The van der Waals surface area contributed by atoms with Gasteiger partial charge in [0.2, 0.25) is 5.91 Å². The van der Waals surface area contributed by atoms with Crippen LogP contribution in [0.15, 0.2) is 48.5 Å². The van der Waals surface area contributed by atoms with E-state index in [1.165, 1.54) is 0 Å². The molecule has 0 bridgehead atoms. The van der Waals surface area contributed by atoms with E-state index in [0.29, 0.717) is 17.7 Å². The van der Waals surface area contributed by atoms with Gasteiger partial charge in [-0.25, -0.2) is 0 Å². The molecule has 3 N–H and O–H groups in total. The van der Waals surface area contributed by atoms with Crippen molar-refractivity contribution in [1.82, 2.24) is 15.1 Å². The maximum atomic E-state index is 13.1. The lowest BCUT2D eigenvalue weighted by molar-refractivity contribution is -0.122. The summed E-state index contributed by atoms with van der Waals surface area (Å²) >= 11 is 0. The van der Waals surface area contributed by atoms with Crippen molar-refractivity contribution in [3.63, 3.8) is 0 Å². The molecular weight excluding hydrogens is 368 g/mol.